The summed E-state index contributed by atoms with van der Waals surface area (Å²) in [6.45, 7) is 6.17. The average molecular weight is 326 g/mol. The van der Waals surface area contributed by atoms with Crippen LogP contribution in [0.1, 0.15) is 5.56 Å². The van der Waals surface area contributed by atoms with Gasteiger partial charge in [0, 0.05) is 18.8 Å². The van der Waals surface area contributed by atoms with E-state index in [0.717, 1.165) is 5.75 Å². The van der Waals surface area contributed by atoms with Crippen LogP contribution >= 0.6 is 0 Å². The van der Waals surface area contributed by atoms with Crippen LogP contribution in [0.15, 0.2) is 61.2 Å². The van der Waals surface area contributed by atoms with Crippen molar-refractivity contribution >= 4 is 11.7 Å². The first-order valence-electron chi connectivity index (χ1n) is 7.74. The number of benzene rings is 2. The summed E-state index contributed by atoms with van der Waals surface area (Å²) in [5.74, 6) is 1.45. The van der Waals surface area contributed by atoms with Gasteiger partial charge in [-0.05, 0) is 43.3 Å². The molecule has 0 bridgehead atoms. The van der Waals surface area contributed by atoms with Gasteiger partial charge in [0.05, 0.1) is 6.61 Å². The van der Waals surface area contributed by atoms with Crippen LogP contribution in [0, 0.1) is 6.92 Å². The van der Waals surface area contributed by atoms with Gasteiger partial charge in [0.15, 0.2) is 0 Å². The number of hydrogen-bond donors (Lipinski definition) is 2. The van der Waals surface area contributed by atoms with Crippen molar-refractivity contribution in [2.24, 2.45) is 0 Å². The fourth-order valence-electron chi connectivity index (χ4n) is 2.10. The lowest BCUT2D eigenvalue weighted by molar-refractivity contribution is 0.195. The lowest BCUT2D eigenvalue weighted by Gasteiger charge is -2.20. The molecule has 2 N–H and O–H groups in total. The fraction of sp³-hybridized carbons (Fsp3) is 0.211. The molecule has 0 radical (unpaired) electrons. The molecule has 0 heterocycles. The summed E-state index contributed by atoms with van der Waals surface area (Å²) in [5, 5.41) is 11.8. The van der Waals surface area contributed by atoms with E-state index in [1.54, 1.807) is 30.3 Å². The third-order valence-electron chi connectivity index (χ3n) is 3.37. The number of aliphatic hydroxyl groups excluding tert-OH is 1. The van der Waals surface area contributed by atoms with Crippen molar-refractivity contribution in [1.82, 2.24) is 4.90 Å². The standard InChI is InChI=1S/C19H22N2O3/c1-3-12-21(13-14-22)19(23)20-16-6-10-18(11-7-16)24-17-8-4-15(2)5-9-17/h3-11,22H,1,12-14H2,2H3,(H,20,23). The van der Waals surface area contributed by atoms with E-state index in [9.17, 15) is 4.79 Å². The second-order valence-corrected chi connectivity index (χ2v) is 5.33. The zero-order valence-corrected chi connectivity index (χ0v) is 13.7. The molecule has 0 spiro atoms. The van der Waals surface area contributed by atoms with Crippen molar-refractivity contribution in [2.75, 3.05) is 25.0 Å². The van der Waals surface area contributed by atoms with Crippen LogP contribution < -0.4 is 10.1 Å². The first-order chi connectivity index (χ1) is 11.6. The minimum absolute atomic E-state index is 0.0927. The van der Waals surface area contributed by atoms with Crippen molar-refractivity contribution in [3.05, 3.63) is 66.7 Å². The van der Waals surface area contributed by atoms with E-state index in [1.807, 2.05) is 31.2 Å². The molecule has 2 amide bonds. The topological polar surface area (TPSA) is 61.8 Å². The number of ether oxygens (including phenoxy) is 1. The minimum Gasteiger partial charge on any atom is -0.457 e. The Balaban J connectivity index is 1.97. The Labute approximate surface area is 142 Å². The van der Waals surface area contributed by atoms with Crippen LogP contribution in [-0.2, 0) is 0 Å². The monoisotopic (exact) mass is 326 g/mol. The number of hydrogen-bond acceptors (Lipinski definition) is 3. The molecule has 0 aliphatic carbocycles. The van der Waals surface area contributed by atoms with Gasteiger partial charge < -0.3 is 20.1 Å². The van der Waals surface area contributed by atoms with Gasteiger partial charge >= 0.3 is 6.03 Å². The van der Waals surface area contributed by atoms with Crippen LogP contribution in [-0.4, -0.2) is 35.7 Å². The molecule has 0 saturated heterocycles. The van der Waals surface area contributed by atoms with Gasteiger partial charge in [0.25, 0.3) is 0 Å². The molecule has 126 valence electrons. The number of aliphatic hydroxyl groups is 1. The van der Waals surface area contributed by atoms with Gasteiger partial charge in [-0.3, -0.25) is 0 Å². The number of carbonyl (C=O) groups is 1. The van der Waals surface area contributed by atoms with Gasteiger partial charge in [-0.15, -0.1) is 6.58 Å². The Bertz CT molecular complexity index is 666. The number of carbonyl (C=O) groups excluding carboxylic acids is 1. The van der Waals surface area contributed by atoms with Crippen molar-refractivity contribution in [1.29, 1.82) is 0 Å². The Hall–Kier alpha value is -2.79. The van der Waals surface area contributed by atoms with Crippen molar-refractivity contribution in [3.63, 3.8) is 0 Å². The highest BCUT2D eigenvalue weighted by Crippen LogP contribution is 2.23. The molecule has 0 aliphatic heterocycles. The third-order valence-corrected chi connectivity index (χ3v) is 3.37. The van der Waals surface area contributed by atoms with E-state index >= 15 is 0 Å². The van der Waals surface area contributed by atoms with Crippen LogP contribution in [0.4, 0.5) is 10.5 Å². The normalized spacial score (nSPS) is 10.1. The number of anilines is 1. The Kier molecular flexibility index (Phi) is 6.40. The van der Waals surface area contributed by atoms with E-state index in [0.29, 0.717) is 18.0 Å². The van der Waals surface area contributed by atoms with E-state index in [-0.39, 0.29) is 19.2 Å². The molecule has 2 aromatic carbocycles. The van der Waals surface area contributed by atoms with E-state index in [2.05, 4.69) is 11.9 Å². The lowest BCUT2D eigenvalue weighted by Crippen LogP contribution is -2.37. The van der Waals surface area contributed by atoms with E-state index in [4.69, 9.17) is 9.84 Å². The summed E-state index contributed by atoms with van der Waals surface area (Å²) < 4.78 is 5.75. The molecular formula is C19H22N2O3. The third kappa shape index (κ3) is 5.14. The molecule has 0 aromatic heterocycles. The highest BCUT2D eigenvalue weighted by Gasteiger charge is 2.11. The van der Waals surface area contributed by atoms with Gasteiger partial charge in [-0.2, -0.15) is 0 Å². The second-order valence-electron chi connectivity index (χ2n) is 5.33. The smallest absolute Gasteiger partial charge is 0.322 e. The van der Waals surface area contributed by atoms with Crippen molar-refractivity contribution in [2.45, 2.75) is 6.92 Å². The van der Waals surface area contributed by atoms with Gasteiger partial charge in [0.1, 0.15) is 11.5 Å². The second kappa shape index (κ2) is 8.74. The highest BCUT2D eigenvalue weighted by molar-refractivity contribution is 5.89. The van der Waals surface area contributed by atoms with Gasteiger partial charge in [0.2, 0.25) is 0 Å². The summed E-state index contributed by atoms with van der Waals surface area (Å²) in [4.78, 5) is 13.6. The lowest BCUT2D eigenvalue weighted by atomic mass is 10.2. The number of amides is 2. The summed E-state index contributed by atoms with van der Waals surface area (Å²) in [7, 11) is 0. The zero-order valence-electron chi connectivity index (χ0n) is 13.7. The molecule has 0 saturated carbocycles. The zero-order chi connectivity index (χ0) is 17.4. The first kappa shape index (κ1) is 17.6. The molecule has 5 nitrogen and oxygen atoms in total. The number of nitrogens with one attached hydrogen (secondary N) is 1. The van der Waals surface area contributed by atoms with Crippen LogP contribution in [0.5, 0.6) is 11.5 Å². The molecule has 0 aliphatic rings. The number of nitrogens with zero attached hydrogens (tertiary/aromatic N) is 1. The SMILES string of the molecule is C=CCN(CCO)C(=O)Nc1ccc(Oc2ccc(C)cc2)cc1. The van der Waals surface area contributed by atoms with Crippen LogP contribution in [0.2, 0.25) is 0 Å². The molecular weight excluding hydrogens is 304 g/mol. The maximum atomic E-state index is 12.1. The maximum Gasteiger partial charge on any atom is 0.322 e. The minimum atomic E-state index is -0.281. The molecule has 5 heteroatoms. The quantitative estimate of drug-likeness (QED) is 0.761. The Morgan fingerprint density at radius 3 is 2.29 bits per heavy atom. The molecule has 0 fully saturated rings. The predicted molar refractivity (Wildman–Crippen MR) is 95.6 cm³/mol. The van der Waals surface area contributed by atoms with Gasteiger partial charge in [-0.1, -0.05) is 23.8 Å². The van der Waals surface area contributed by atoms with Crippen molar-refractivity contribution < 1.29 is 14.6 Å². The highest BCUT2D eigenvalue weighted by atomic mass is 16.5. The molecule has 0 atom stereocenters. The summed E-state index contributed by atoms with van der Waals surface area (Å²) in [6.07, 6.45) is 1.62. The molecule has 0 unspecified atom stereocenters. The molecule has 2 aromatic rings. The summed E-state index contributed by atoms with van der Waals surface area (Å²) in [5.41, 5.74) is 1.83. The van der Waals surface area contributed by atoms with E-state index < -0.39 is 0 Å². The van der Waals surface area contributed by atoms with Crippen molar-refractivity contribution in [3.8, 4) is 11.5 Å². The van der Waals surface area contributed by atoms with Crippen LogP contribution in [0.25, 0.3) is 0 Å². The van der Waals surface area contributed by atoms with Crippen LogP contribution in [0.3, 0.4) is 0 Å². The molecule has 24 heavy (non-hydrogen) atoms. The largest absolute Gasteiger partial charge is 0.457 e. The Morgan fingerprint density at radius 2 is 1.75 bits per heavy atom. The van der Waals surface area contributed by atoms with E-state index in [1.165, 1.54) is 10.5 Å². The first-order valence-corrected chi connectivity index (χ1v) is 7.74. The average Bonchev–Trinajstić information content (AvgIpc) is 2.58. The fourth-order valence-corrected chi connectivity index (χ4v) is 2.10. The number of aryl methyl sites for hydroxylation is 1. The summed E-state index contributed by atoms with van der Waals surface area (Å²) in [6, 6.07) is 14.6. The maximum absolute atomic E-state index is 12.1. The Morgan fingerprint density at radius 1 is 1.17 bits per heavy atom. The number of urea groups is 1. The number of rotatable bonds is 7. The predicted octanol–water partition coefficient (Wildman–Crippen LogP) is 3.80. The van der Waals surface area contributed by atoms with Gasteiger partial charge in [-0.25, -0.2) is 4.79 Å². The molecule has 2 rings (SSSR count). The summed E-state index contributed by atoms with van der Waals surface area (Å²) >= 11 is 0.